The third-order valence-corrected chi connectivity index (χ3v) is 7.18. The summed E-state index contributed by atoms with van der Waals surface area (Å²) < 4.78 is 0. The molecule has 5 heteroatoms. The van der Waals surface area contributed by atoms with E-state index in [1.165, 1.54) is 29.8 Å². The van der Waals surface area contributed by atoms with Crippen LogP contribution in [0.15, 0.2) is 67.5 Å². The number of allylic oxidation sites excluding steroid dienone is 1. The van der Waals surface area contributed by atoms with Gasteiger partial charge in [0.2, 0.25) is 0 Å². The van der Waals surface area contributed by atoms with Gasteiger partial charge < -0.3 is 14.7 Å². The van der Waals surface area contributed by atoms with E-state index in [9.17, 15) is 4.79 Å². The maximum absolute atomic E-state index is 11.7. The van der Waals surface area contributed by atoms with E-state index in [1.54, 1.807) is 6.92 Å². The third-order valence-electron chi connectivity index (χ3n) is 7.18. The molecule has 1 aromatic heterocycles. The number of hydrogen-bond donors (Lipinski definition) is 0. The number of ketones is 1. The summed E-state index contributed by atoms with van der Waals surface area (Å²) in [7, 11) is 6.35. The molecule has 0 saturated carbocycles. The van der Waals surface area contributed by atoms with Crippen LogP contribution in [-0.4, -0.2) is 63.0 Å². The zero-order valence-corrected chi connectivity index (χ0v) is 24.1. The van der Waals surface area contributed by atoms with Crippen LogP contribution in [0.2, 0.25) is 0 Å². The number of anilines is 2. The van der Waals surface area contributed by atoms with Crippen LogP contribution >= 0.6 is 0 Å². The predicted molar refractivity (Wildman–Crippen MR) is 172 cm³/mol. The Morgan fingerprint density at radius 1 is 0.974 bits per heavy atom. The molecule has 2 aromatic carbocycles. The summed E-state index contributed by atoms with van der Waals surface area (Å²) >= 11 is 0. The fraction of sp³-hybridized carbons (Fsp3) is 0.412. The summed E-state index contributed by atoms with van der Waals surface area (Å²) in [6.45, 7) is 14.0. The zero-order chi connectivity index (χ0) is 27.7. The molecule has 1 saturated heterocycles. The summed E-state index contributed by atoms with van der Waals surface area (Å²) in [4.78, 5) is 22.9. The molecule has 0 amide bonds. The number of rotatable bonds is 9. The second-order valence-electron chi connectivity index (χ2n) is 10.4. The van der Waals surface area contributed by atoms with E-state index in [1.807, 2.05) is 31.5 Å². The van der Waals surface area contributed by atoms with Crippen LogP contribution in [0.4, 0.5) is 11.4 Å². The maximum atomic E-state index is 11.7. The molecular weight excluding hydrogens is 480 g/mol. The highest BCUT2D eigenvalue weighted by Gasteiger charge is 2.14. The van der Waals surface area contributed by atoms with Crippen LogP contribution in [0.1, 0.15) is 52.2 Å². The molecule has 212 valence electrons. The molecule has 0 aliphatic carbocycles. The van der Waals surface area contributed by atoms with Gasteiger partial charge in [0.25, 0.3) is 0 Å². The number of carbonyl (C=O) groups is 1. The minimum Gasteiger partial charge on any atom is -0.373 e. The van der Waals surface area contributed by atoms with Gasteiger partial charge in [-0.05, 0) is 93.7 Å². The number of aryl methyl sites for hydroxylation is 2. The van der Waals surface area contributed by atoms with Crippen LogP contribution in [0.3, 0.4) is 0 Å². The fourth-order valence-electron chi connectivity index (χ4n) is 4.52. The zero-order valence-electron chi connectivity index (χ0n) is 24.1. The first-order chi connectivity index (χ1) is 18.2. The Morgan fingerprint density at radius 3 is 2.23 bits per heavy atom. The lowest BCUT2D eigenvalue weighted by Crippen LogP contribution is -2.28. The van der Waals surface area contributed by atoms with E-state index in [4.69, 9.17) is 0 Å². The number of carbonyl (C=O) groups excluding carboxylic acids is 1. The van der Waals surface area contributed by atoms with E-state index in [-0.39, 0.29) is 14.6 Å². The minimum atomic E-state index is 0. The van der Waals surface area contributed by atoms with Gasteiger partial charge in [-0.25, -0.2) is 0 Å². The number of likely N-dealkylation sites (N-methyl/N-ethyl adjacent to an activating group) is 2. The molecule has 39 heavy (non-hydrogen) atoms. The van der Waals surface area contributed by atoms with Crippen molar-refractivity contribution >= 4 is 22.7 Å². The van der Waals surface area contributed by atoms with Crippen molar-refractivity contribution in [1.29, 1.82) is 0 Å². The summed E-state index contributed by atoms with van der Waals surface area (Å²) in [6, 6.07) is 17.2. The van der Waals surface area contributed by atoms with Crippen molar-refractivity contribution in [1.82, 2.24) is 9.88 Å². The highest BCUT2D eigenvalue weighted by Crippen LogP contribution is 2.29. The molecule has 0 atom stereocenters. The molecule has 0 N–H and O–H groups in total. The van der Waals surface area contributed by atoms with Gasteiger partial charge in [-0.3, -0.25) is 9.78 Å². The Balaban J connectivity index is 0.000000414. The Morgan fingerprint density at radius 2 is 1.64 bits per heavy atom. The van der Waals surface area contributed by atoms with Crippen LogP contribution < -0.4 is 9.80 Å². The van der Waals surface area contributed by atoms with Gasteiger partial charge in [-0.1, -0.05) is 45.2 Å². The summed E-state index contributed by atoms with van der Waals surface area (Å²) in [5.41, 5.74) is 8.57. The van der Waals surface area contributed by atoms with Gasteiger partial charge in [0, 0.05) is 57.7 Å². The van der Waals surface area contributed by atoms with Crippen molar-refractivity contribution in [2.45, 2.75) is 47.5 Å². The molecule has 1 aliphatic heterocycles. The van der Waals surface area contributed by atoms with Crippen LogP contribution in [0, 0.1) is 6.92 Å². The lowest BCUT2D eigenvalue weighted by Gasteiger charge is -2.21. The molecule has 4 rings (SSSR count). The number of nitrogens with zero attached hydrogens (tertiary/aromatic N) is 4. The molecule has 0 radical (unpaired) electrons. The lowest BCUT2D eigenvalue weighted by molar-refractivity contribution is -0.111. The second kappa shape index (κ2) is 15.2. The van der Waals surface area contributed by atoms with Gasteiger partial charge in [0.1, 0.15) is 0 Å². The fourth-order valence-corrected chi connectivity index (χ4v) is 4.52. The molecule has 0 bridgehead atoms. The topological polar surface area (TPSA) is 39.7 Å². The van der Waals surface area contributed by atoms with Crippen molar-refractivity contribution < 1.29 is 6.22 Å². The number of pyridine rings is 1. The Hall–Kier alpha value is -3.44. The molecule has 2 heterocycles. The molecule has 1 fully saturated rings. The standard InChI is InChI=1S/C20H22N2O.C13H22N2.CH4.H2/c1-14-6-7-17(11-20(14)15(2)16(3)23)18-10-19(13-21-12-18)22-8-4-5-9-22;1-5-12-6-8-13(9-7-12)15(4)11-10-14(2)3;;/h6-7,10-13H,2,4-5,8-9H2,1,3H3;6-9H,5,10-11H2,1-4H3;1H4;1H. The minimum absolute atomic E-state index is 0. The van der Waals surface area contributed by atoms with Crippen LogP contribution in [-0.2, 0) is 11.2 Å². The van der Waals surface area contributed by atoms with Gasteiger partial charge >= 0.3 is 0 Å². The summed E-state index contributed by atoms with van der Waals surface area (Å²) in [5, 5.41) is 0. The van der Waals surface area contributed by atoms with Crippen molar-refractivity contribution in [2.75, 3.05) is 57.1 Å². The van der Waals surface area contributed by atoms with E-state index in [2.05, 4.69) is 90.7 Å². The Labute approximate surface area is 238 Å². The van der Waals surface area contributed by atoms with Crippen molar-refractivity contribution in [3.8, 4) is 11.1 Å². The largest absolute Gasteiger partial charge is 0.373 e. The van der Waals surface area contributed by atoms with Gasteiger partial charge in [0.15, 0.2) is 5.78 Å². The van der Waals surface area contributed by atoms with Gasteiger partial charge in [-0.15, -0.1) is 0 Å². The molecular formula is C34H50N4O. The third kappa shape index (κ3) is 9.07. The number of Topliss-reactive ketones (excluding diaryl/α,β-unsaturated/α-hetero) is 1. The van der Waals surface area contributed by atoms with Crippen LogP contribution in [0.25, 0.3) is 16.7 Å². The molecule has 3 aromatic rings. The quantitative estimate of drug-likeness (QED) is 0.270. The summed E-state index contributed by atoms with van der Waals surface area (Å²) in [6.07, 6.45) is 7.42. The number of aromatic nitrogens is 1. The molecule has 1 aliphatic rings. The van der Waals surface area contributed by atoms with E-state index >= 15 is 0 Å². The number of benzene rings is 2. The first-order valence-electron chi connectivity index (χ1n) is 13.7. The van der Waals surface area contributed by atoms with Crippen molar-refractivity contribution in [3.63, 3.8) is 0 Å². The number of hydrogen-bond acceptors (Lipinski definition) is 5. The van der Waals surface area contributed by atoms with Gasteiger partial charge in [0.05, 0.1) is 11.9 Å². The van der Waals surface area contributed by atoms with E-state index in [0.717, 1.165) is 54.9 Å². The van der Waals surface area contributed by atoms with E-state index < -0.39 is 0 Å². The predicted octanol–water partition coefficient (Wildman–Crippen LogP) is 7.39. The van der Waals surface area contributed by atoms with Gasteiger partial charge in [-0.2, -0.15) is 0 Å². The normalized spacial score (nSPS) is 12.4. The average molecular weight is 531 g/mol. The second-order valence-corrected chi connectivity index (χ2v) is 10.4. The first kappa shape index (κ1) is 31.8. The van der Waals surface area contributed by atoms with E-state index in [0.29, 0.717) is 5.57 Å². The highest BCUT2D eigenvalue weighted by molar-refractivity contribution is 6.19. The molecule has 0 unspecified atom stereocenters. The Kier molecular flexibility index (Phi) is 12.4. The SMILES string of the molecule is C.C=C(C(C)=O)c1cc(-c2cncc(N3CCCC3)c2)ccc1C.CCc1ccc(N(C)CCN(C)C)cc1.[HH]. The molecule has 0 spiro atoms. The maximum Gasteiger partial charge on any atom is 0.159 e. The van der Waals surface area contributed by atoms with Crippen LogP contribution in [0.5, 0.6) is 0 Å². The summed E-state index contributed by atoms with van der Waals surface area (Å²) in [5.74, 6) is 0.00851. The monoisotopic (exact) mass is 530 g/mol. The first-order valence-corrected chi connectivity index (χ1v) is 13.7. The van der Waals surface area contributed by atoms with Crippen molar-refractivity contribution in [3.05, 3.63) is 84.2 Å². The Bertz CT molecular complexity index is 1220. The highest BCUT2D eigenvalue weighted by atomic mass is 16.1. The average Bonchev–Trinajstić information content (AvgIpc) is 3.47. The lowest BCUT2D eigenvalue weighted by atomic mass is 9.95. The molecule has 5 nitrogen and oxygen atoms in total. The van der Waals surface area contributed by atoms with Crippen molar-refractivity contribution in [2.24, 2.45) is 0 Å². The smallest absolute Gasteiger partial charge is 0.159 e.